The van der Waals surface area contributed by atoms with Crippen LogP contribution < -0.4 is 0 Å². The Morgan fingerprint density at radius 2 is 1.80 bits per heavy atom. The van der Waals surface area contributed by atoms with Crippen LogP contribution in [0, 0.1) is 0 Å². The summed E-state index contributed by atoms with van der Waals surface area (Å²) in [5, 5.41) is 0. The van der Waals surface area contributed by atoms with Crippen molar-refractivity contribution >= 4 is 5.97 Å². The summed E-state index contributed by atoms with van der Waals surface area (Å²) < 4.78 is 5.30. The average molecular weight is 208 g/mol. The first kappa shape index (κ1) is 10.7. The summed E-state index contributed by atoms with van der Waals surface area (Å²) in [6.07, 6.45) is 11.8. The third kappa shape index (κ3) is 2.24. The van der Waals surface area contributed by atoms with Crippen molar-refractivity contribution in [2.45, 2.75) is 63.9 Å². The van der Waals surface area contributed by atoms with Crippen LogP contribution in [0.2, 0.25) is 0 Å². The predicted molar refractivity (Wildman–Crippen MR) is 59.5 cm³/mol. The van der Waals surface area contributed by atoms with E-state index < -0.39 is 0 Å². The van der Waals surface area contributed by atoms with Crippen molar-refractivity contribution < 1.29 is 9.53 Å². The maximum absolute atomic E-state index is 11.3. The molecule has 2 rings (SSSR count). The fourth-order valence-corrected chi connectivity index (χ4v) is 2.53. The van der Waals surface area contributed by atoms with Gasteiger partial charge in [0.25, 0.3) is 0 Å². The van der Waals surface area contributed by atoms with Crippen LogP contribution >= 0.6 is 0 Å². The Hall–Kier alpha value is -0.790. The zero-order valence-electron chi connectivity index (χ0n) is 9.55. The highest BCUT2D eigenvalue weighted by atomic mass is 16.6. The Bertz CT molecular complexity index is 280. The largest absolute Gasteiger partial charge is 0.451 e. The van der Waals surface area contributed by atoms with Crippen LogP contribution in [0.25, 0.3) is 0 Å². The summed E-state index contributed by atoms with van der Waals surface area (Å²) in [5.41, 5.74) is 0.686. The number of ether oxygens (including phenoxy) is 1. The van der Waals surface area contributed by atoms with E-state index in [9.17, 15) is 4.79 Å². The fraction of sp³-hybridized carbons (Fsp3) is 0.769. The summed E-state index contributed by atoms with van der Waals surface area (Å²) in [5.74, 6) is -0.0863. The molecule has 0 amide bonds. The quantitative estimate of drug-likeness (QED) is 0.570. The van der Waals surface area contributed by atoms with Gasteiger partial charge in [-0.3, -0.25) is 0 Å². The lowest BCUT2D eigenvalue weighted by molar-refractivity contribution is -0.170. The molecular formula is C13H20O2. The van der Waals surface area contributed by atoms with Gasteiger partial charge in [-0.15, -0.1) is 0 Å². The third-order valence-electron chi connectivity index (χ3n) is 3.56. The fourth-order valence-electron chi connectivity index (χ4n) is 2.53. The number of hydrogen-bond acceptors (Lipinski definition) is 2. The monoisotopic (exact) mass is 208 g/mol. The molecule has 2 heteroatoms. The standard InChI is InChI=1S/C13H20O2/c1-13-10-8-6-4-2-3-5-7-9-11(13)12(14)15-13/h9H,2-8,10H2,1H3/b11-9-. The van der Waals surface area contributed by atoms with Crippen LogP contribution in [0.3, 0.4) is 0 Å². The van der Waals surface area contributed by atoms with E-state index >= 15 is 0 Å². The smallest absolute Gasteiger partial charge is 0.338 e. The summed E-state index contributed by atoms with van der Waals surface area (Å²) in [6.45, 7) is 2.05. The van der Waals surface area contributed by atoms with Gasteiger partial charge in [-0.25, -0.2) is 4.79 Å². The molecule has 84 valence electrons. The minimum Gasteiger partial charge on any atom is -0.451 e. The number of fused-ring (bicyclic) bond motifs is 1. The highest BCUT2D eigenvalue weighted by Crippen LogP contribution is 2.38. The SMILES string of the molecule is CC12CCCCCCCC/C=C\1C(=O)O2. The molecule has 0 saturated carbocycles. The molecule has 0 N–H and O–H groups in total. The number of carbonyl (C=O) groups excluding carboxylic acids is 1. The second-order valence-corrected chi connectivity index (χ2v) is 4.90. The van der Waals surface area contributed by atoms with E-state index in [1.807, 2.05) is 0 Å². The van der Waals surface area contributed by atoms with Crippen LogP contribution in [0.5, 0.6) is 0 Å². The molecule has 1 atom stereocenters. The molecule has 1 heterocycles. The van der Waals surface area contributed by atoms with Crippen LogP contribution in [-0.2, 0) is 9.53 Å². The highest BCUT2D eigenvalue weighted by Gasteiger charge is 2.46. The lowest BCUT2D eigenvalue weighted by Crippen LogP contribution is -2.48. The summed E-state index contributed by atoms with van der Waals surface area (Å²) >= 11 is 0. The molecular weight excluding hydrogens is 188 g/mol. The van der Waals surface area contributed by atoms with Gasteiger partial charge in [-0.2, -0.15) is 0 Å². The van der Waals surface area contributed by atoms with E-state index in [2.05, 4.69) is 13.0 Å². The van der Waals surface area contributed by atoms with Gasteiger partial charge >= 0.3 is 5.97 Å². The average Bonchev–Trinajstić information content (AvgIpc) is 2.22. The Morgan fingerprint density at radius 1 is 1.13 bits per heavy atom. The van der Waals surface area contributed by atoms with E-state index in [0.29, 0.717) is 0 Å². The minimum atomic E-state index is -0.249. The zero-order valence-corrected chi connectivity index (χ0v) is 9.55. The molecule has 0 aromatic heterocycles. The van der Waals surface area contributed by atoms with Crippen LogP contribution in [0.4, 0.5) is 0 Å². The molecule has 2 aliphatic rings. The molecule has 2 nitrogen and oxygen atoms in total. The number of allylic oxidation sites excluding steroid dienone is 1. The van der Waals surface area contributed by atoms with Gasteiger partial charge in [-0.1, -0.05) is 31.8 Å². The molecule has 1 unspecified atom stereocenters. The van der Waals surface area contributed by atoms with Crippen molar-refractivity contribution in [1.29, 1.82) is 0 Å². The molecule has 0 bridgehead atoms. The van der Waals surface area contributed by atoms with Crippen molar-refractivity contribution in [3.8, 4) is 0 Å². The number of carbonyl (C=O) groups is 1. The van der Waals surface area contributed by atoms with E-state index in [-0.39, 0.29) is 11.6 Å². The van der Waals surface area contributed by atoms with Crippen molar-refractivity contribution in [2.75, 3.05) is 0 Å². The first-order chi connectivity index (χ1) is 7.22. The Kier molecular flexibility index (Phi) is 3.13. The molecule has 1 saturated heterocycles. The summed E-state index contributed by atoms with van der Waals surface area (Å²) in [7, 11) is 0. The van der Waals surface area contributed by atoms with Gasteiger partial charge in [0.05, 0.1) is 5.57 Å². The molecule has 1 aliphatic carbocycles. The number of esters is 1. The lowest BCUT2D eigenvalue weighted by Gasteiger charge is -2.40. The number of rotatable bonds is 0. The van der Waals surface area contributed by atoms with E-state index in [0.717, 1.165) is 18.4 Å². The molecule has 0 aromatic carbocycles. The van der Waals surface area contributed by atoms with Gasteiger partial charge < -0.3 is 4.74 Å². The minimum absolute atomic E-state index is 0.0863. The van der Waals surface area contributed by atoms with Crippen molar-refractivity contribution in [2.24, 2.45) is 0 Å². The van der Waals surface area contributed by atoms with Gasteiger partial charge in [0.1, 0.15) is 5.60 Å². The maximum atomic E-state index is 11.3. The van der Waals surface area contributed by atoms with Crippen LogP contribution in [0.15, 0.2) is 11.6 Å². The Labute approximate surface area is 91.7 Å². The second-order valence-electron chi connectivity index (χ2n) is 4.90. The van der Waals surface area contributed by atoms with Crippen molar-refractivity contribution in [3.63, 3.8) is 0 Å². The summed E-state index contributed by atoms with van der Waals surface area (Å²) in [6, 6.07) is 0. The first-order valence-electron chi connectivity index (χ1n) is 6.16. The van der Waals surface area contributed by atoms with Gasteiger partial charge in [0, 0.05) is 0 Å². The normalized spacial score (nSPS) is 36.3. The van der Waals surface area contributed by atoms with Crippen molar-refractivity contribution in [1.82, 2.24) is 0 Å². The number of hydrogen-bond donors (Lipinski definition) is 0. The third-order valence-corrected chi connectivity index (χ3v) is 3.56. The van der Waals surface area contributed by atoms with Gasteiger partial charge in [-0.05, 0) is 32.6 Å². The highest BCUT2D eigenvalue weighted by molar-refractivity contribution is 5.97. The molecule has 0 spiro atoms. The predicted octanol–water partition coefficient (Wildman–Crippen LogP) is 3.36. The molecule has 0 radical (unpaired) electrons. The van der Waals surface area contributed by atoms with Crippen molar-refractivity contribution in [3.05, 3.63) is 11.6 Å². The molecule has 15 heavy (non-hydrogen) atoms. The van der Waals surface area contributed by atoms with E-state index in [1.54, 1.807) is 0 Å². The molecule has 1 aliphatic heterocycles. The topological polar surface area (TPSA) is 26.3 Å². The lowest BCUT2D eigenvalue weighted by atomic mass is 9.84. The van der Waals surface area contributed by atoms with Crippen LogP contribution in [0.1, 0.15) is 58.3 Å². The first-order valence-corrected chi connectivity index (χ1v) is 6.16. The Balaban J connectivity index is 2.04. The maximum Gasteiger partial charge on any atom is 0.338 e. The Morgan fingerprint density at radius 3 is 2.53 bits per heavy atom. The van der Waals surface area contributed by atoms with E-state index in [1.165, 1.54) is 38.5 Å². The molecule has 0 aromatic rings. The second kappa shape index (κ2) is 4.38. The van der Waals surface area contributed by atoms with Crippen LogP contribution in [-0.4, -0.2) is 11.6 Å². The van der Waals surface area contributed by atoms with E-state index in [4.69, 9.17) is 4.74 Å². The van der Waals surface area contributed by atoms with Gasteiger partial charge in [0.2, 0.25) is 0 Å². The van der Waals surface area contributed by atoms with Gasteiger partial charge in [0.15, 0.2) is 0 Å². The summed E-state index contributed by atoms with van der Waals surface area (Å²) in [4.78, 5) is 11.3. The zero-order chi connectivity index (χ0) is 10.7. The molecule has 1 fully saturated rings.